The fourth-order valence-electron chi connectivity index (χ4n) is 1.66. The molecule has 1 atom stereocenters. The molecule has 0 saturated heterocycles. The van der Waals surface area contributed by atoms with Crippen molar-refractivity contribution in [1.29, 1.82) is 0 Å². The van der Waals surface area contributed by atoms with Crippen LogP contribution in [0.3, 0.4) is 0 Å². The highest BCUT2D eigenvalue weighted by molar-refractivity contribution is 5.80. The predicted octanol–water partition coefficient (Wildman–Crippen LogP) is 2.02. The van der Waals surface area contributed by atoms with E-state index in [9.17, 15) is 14.4 Å². The highest BCUT2D eigenvalue weighted by Crippen LogP contribution is 2.07. The SMILES string of the molecule is CC(OCc1ccccc1)C(=O)OCC(=O)OCC(=O)OC(C)(C)C. The Balaban J connectivity index is 2.23. The Morgan fingerprint density at radius 3 is 2.16 bits per heavy atom. The fraction of sp³-hybridized carbons (Fsp3) is 0.500. The molecule has 7 nitrogen and oxygen atoms in total. The Bertz CT molecular complexity index is 575. The molecule has 0 heterocycles. The van der Waals surface area contributed by atoms with E-state index in [1.807, 2.05) is 30.3 Å². The van der Waals surface area contributed by atoms with Gasteiger partial charge in [-0.1, -0.05) is 30.3 Å². The van der Waals surface area contributed by atoms with Crippen LogP contribution in [0.2, 0.25) is 0 Å². The molecule has 1 rings (SSSR count). The van der Waals surface area contributed by atoms with E-state index < -0.39 is 42.8 Å². The summed E-state index contributed by atoms with van der Waals surface area (Å²) in [4.78, 5) is 34.6. The van der Waals surface area contributed by atoms with E-state index in [-0.39, 0.29) is 6.61 Å². The van der Waals surface area contributed by atoms with Gasteiger partial charge in [-0.05, 0) is 33.3 Å². The topological polar surface area (TPSA) is 88.1 Å². The van der Waals surface area contributed by atoms with Crippen LogP contribution in [0.25, 0.3) is 0 Å². The quantitative estimate of drug-likeness (QED) is 0.522. The minimum atomic E-state index is -0.838. The lowest BCUT2D eigenvalue weighted by atomic mass is 10.2. The van der Waals surface area contributed by atoms with Crippen LogP contribution in [0.5, 0.6) is 0 Å². The summed E-state index contributed by atoms with van der Waals surface area (Å²) in [5.74, 6) is -2.20. The number of esters is 3. The molecule has 0 aliphatic heterocycles. The lowest BCUT2D eigenvalue weighted by Crippen LogP contribution is -2.29. The van der Waals surface area contributed by atoms with E-state index in [0.717, 1.165) is 5.56 Å². The van der Waals surface area contributed by atoms with Crippen LogP contribution in [0.4, 0.5) is 0 Å². The van der Waals surface area contributed by atoms with Gasteiger partial charge in [0.1, 0.15) is 5.60 Å². The summed E-state index contributed by atoms with van der Waals surface area (Å²) in [5, 5.41) is 0. The van der Waals surface area contributed by atoms with Crippen LogP contribution in [0.1, 0.15) is 33.3 Å². The molecule has 0 radical (unpaired) electrons. The van der Waals surface area contributed by atoms with Crippen molar-refractivity contribution >= 4 is 17.9 Å². The standard InChI is InChI=1S/C18H24O7/c1-13(22-10-14-8-6-5-7-9-14)17(21)24-11-15(19)23-12-16(20)25-18(2,3)4/h5-9,13H,10-12H2,1-4H3. The van der Waals surface area contributed by atoms with Crippen LogP contribution in [0, 0.1) is 0 Å². The molecule has 1 aromatic carbocycles. The van der Waals surface area contributed by atoms with Gasteiger partial charge in [0.2, 0.25) is 0 Å². The summed E-state index contributed by atoms with van der Waals surface area (Å²) in [5.41, 5.74) is 0.250. The average Bonchev–Trinajstić information content (AvgIpc) is 2.55. The summed E-state index contributed by atoms with van der Waals surface area (Å²) in [7, 11) is 0. The predicted molar refractivity (Wildman–Crippen MR) is 88.5 cm³/mol. The van der Waals surface area contributed by atoms with E-state index in [1.165, 1.54) is 6.92 Å². The molecule has 138 valence electrons. The van der Waals surface area contributed by atoms with Gasteiger partial charge in [-0.25, -0.2) is 14.4 Å². The second-order valence-electron chi connectivity index (χ2n) is 6.29. The summed E-state index contributed by atoms with van der Waals surface area (Å²) in [6.45, 7) is 5.74. The molecule has 0 spiro atoms. The Labute approximate surface area is 147 Å². The van der Waals surface area contributed by atoms with Crippen molar-refractivity contribution in [2.24, 2.45) is 0 Å². The first-order chi connectivity index (χ1) is 11.7. The van der Waals surface area contributed by atoms with Crippen LogP contribution in [0.15, 0.2) is 30.3 Å². The maximum absolute atomic E-state index is 11.7. The molecule has 0 fully saturated rings. The lowest BCUT2D eigenvalue weighted by molar-refractivity contribution is -0.172. The number of carbonyl (C=O) groups excluding carboxylic acids is 3. The van der Waals surface area contributed by atoms with E-state index in [0.29, 0.717) is 0 Å². The normalized spacial score (nSPS) is 12.2. The Morgan fingerprint density at radius 2 is 1.56 bits per heavy atom. The zero-order valence-electron chi connectivity index (χ0n) is 14.9. The van der Waals surface area contributed by atoms with Gasteiger partial charge in [-0.2, -0.15) is 0 Å². The Kier molecular flexibility index (Phi) is 8.07. The van der Waals surface area contributed by atoms with Gasteiger partial charge >= 0.3 is 17.9 Å². The van der Waals surface area contributed by atoms with Crippen LogP contribution in [-0.2, 0) is 39.9 Å². The van der Waals surface area contributed by atoms with Crippen molar-refractivity contribution in [3.63, 3.8) is 0 Å². The Hall–Kier alpha value is -2.41. The van der Waals surface area contributed by atoms with Gasteiger partial charge in [0, 0.05) is 0 Å². The second-order valence-corrected chi connectivity index (χ2v) is 6.29. The van der Waals surface area contributed by atoms with Crippen molar-refractivity contribution in [3.8, 4) is 0 Å². The minimum absolute atomic E-state index is 0.250. The minimum Gasteiger partial charge on any atom is -0.457 e. The zero-order valence-corrected chi connectivity index (χ0v) is 14.9. The number of carbonyl (C=O) groups is 3. The number of hydrogen-bond donors (Lipinski definition) is 0. The molecule has 0 bridgehead atoms. The first kappa shape index (κ1) is 20.6. The number of hydrogen-bond acceptors (Lipinski definition) is 7. The smallest absolute Gasteiger partial charge is 0.344 e. The first-order valence-electron chi connectivity index (χ1n) is 7.87. The molecular weight excluding hydrogens is 328 g/mol. The number of ether oxygens (including phenoxy) is 4. The molecule has 7 heteroatoms. The van der Waals surface area contributed by atoms with Gasteiger partial charge in [-0.3, -0.25) is 0 Å². The van der Waals surface area contributed by atoms with E-state index in [2.05, 4.69) is 4.74 Å². The van der Waals surface area contributed by atoms with E-state index in [1.54, 1.807) is 20.8 Å². The van der Waals surface area contributed by atoms with Crippen molar-refractivity contribution in [1.82, 2.24) is 0 Å². The Morgan fingerprint density at radius 1 is 0.960 bits per heavy atom. The van der Waals surface area contributed by atoms with Crippen LogP contribution < -0.4 is 0 Å². The molecule has 0 saturated carbocycles. The van der Waals surface area contributed by atoms with Crippen LogP contribution in [-0.4, -0.2) is 42.8 Å². The molecule has 0 aromatic heterocycles. The van der Waals surface area contributed by atoms with Gasteiger partial charge in [0.05, 0.1) is 6.61 Å². The molecule has 25 heavy (non-hydrogen) atoms. The summed E-state index contributed by atoms with van der Waals surface area (Å²) in [6, 6.07) is 9.34. The maximum Gasteiger partial charge on any atom is 0.344 e. The molecule has 0 amide bonds. The fourth-order valence-corrected chi connectivity index (χ4v) is 1.66. The summed E-state index contributed by atoms with van der Waals surface area (Å²) >= 11 is 0. The molecule has 0 aliphatic carbocycles. The third-order valence-electron chi connectivity index (χ3n) is 2.78. The highest BCUT2D eigenvalue weighted by atomic mass is 16.6. The molecule has 1 aromatic rings. The summed E-state index contributed by atoms with van der Waals surface area (Å²) < 4.78 is 19.8. The number of rotatable bonds is 8. The van der Waals surface area contributed by atoms with Crippen molar-refractivity contribution < 1.29 is 33.3 Å². The number of benzene rings is 1. The van der Waals surface area contributed by atoms with Gasteiger partial charge in [0.15, 0.2) is 19.3 Å². The van der Waals surface area contributed by atoms with Crippen LogP contribution >= 0.6 is 0 Å². The maximum atomic E-state index is 11.7. The highest BCUT2D eigenvalue weighted by Gasteiger charge is 2.20. The lowest BCUT2D eigenvalue weighted by Gasteiger charge is -2.19. The van der Waals surface area contributed by atoms with Gasteiger partial charge in [-0.15, -0.1) is 0 Å². The average molecular weight is 352 g/mol. The third kappa shape index (κ3) is 9.46. The largest absolute Gasteiger partial charge is 0.457 e. The molecule has 0 N–H and O–H groups in total. The third-order valence-corrected chi connectivity index (χ3v) is 2.78. The van der Waals surface area contributed by atoms with Crippen molar-refractivity contribution in [2.45, 2.75) is 46.0 Å². The second kappa shape index (κ2) is 9.78. The van der Waals surface area contributed by atoms with Crippen molar-refractivity contribution in [2.75, 3.05) is 13.2 Å². The molecular formula is C18H24O7. The van der Waals surface area contributed by atoms with E-state index in [4.69, 9.17) is 14.2 Å². The van der Waals surface area contributed by atoms with Gasteiger partial charge in [0.25, 0.3) is 0 Å². The first-order valence-corrected chi connectivity index (χ1v) is 7.87. The van der Waals surface area contributed by atoms with Crippen molar-refractivity contribution in [3.05, 3.63) is 35.9 Å². The molecule has 1 unspecified atom stereocenters. The monoisotopic (exact) mass is 352 g/mol. The summed E-state index contributed by atoms with van der Waals surface area (Å²) in [6.07, 6.45) is -0.834. The molecule has 0 aliphatic rings. The van der Waals surface area contributed by atoms with Gasteiger partial charge < -0.3 is 18.9 Å². The van der Waals surface area contributed by atoms with E-state index >= 15 is 0 Å². The zero-order chi connectivity index (χ0) is 18.9.